The van der Waals surface area contributed by atoms with Gasteiger partial charge >= 0.3 is 0 Å². The Bertz CT molecular complexity index is 717. The summed E-state index contributed by atoms with van der Waals surface area (Å²) in [6, 6.07) is 19.0. The molecule has 0 radical (unpaired) electrons. The lowest BCUT2D eigenvalue weighted by atomic mass is 10.0. The second kappa shape index (κ2) is 5.14. The molecule has 2 heteroatoms. The van der Waals surface area contributed by atoms with Gasteiger partial charge < -0.3 is 0 Å². The minimum absolute atomic E-state index is 0.842. The number of alkyl halides is 1. The molecule has 0 amide bonds. The van der Waals surface area contributed by atoms with Crippen molar-refractivity contribution >= 4 is 26.8 Å². The molecule has 0 aliphatic heterocycles. The second-order valence-corrected chi connectivity index (χ2v) is 5.24. The molecule has 1 heterocycles. The zero-order valence-corrected chi connectivity index (χ0v) is 12.3. The number of aromatic nitrogens is 1. The van der Waals surface area contributed by atoms with Gasteiger partial charge in [-0.05, 0) is 24.6 Å². The first-order chi connectivity index (χ1) is 9.28. The first-order valence-electron chi connectivity index (χ1n) is 6.29. The third-order valence-corrected chi connectivity index (χ3v) is 3.90. The van der Waals surface area contributed by atoms with Crippen LogP contribution in [-0.4, -0.2) is 4.98 Å². The molecule has 3 aromatic rings. The monoisotopic (exact) mass is 311 g/mol. The molecule has 0 unspecified atom stereocenters. The summed E-state index contributed by atoms with van der Waals surface area (Å²) in [4.78, 5) is 4.76. The van der Waals surface area contributed by atoms with Gasteiger partial charge in [0.1, 0.15) is 0 Å². The van der Waals surface area contributed by atoms with E-state index in [0.717, 1.165) is 16.5 Å². The maximum absolute atomic E-state index is 4.76. The lowest BCUT2D eigenvalue weighted by Crippen LogP contribution is -1.90. The van der Waals surface area contributed by atoms with Gasteiger partial charge in [0, 0.05) is 16.3 Å². The van der Waals surface area contributed by atoms with Gasteiger partial charge in [0.25, 0.3) is 0 Å². The van der Waals surface area contributed by atoms with Crippen LogP contribution in [0.4, 0.5) is 0 Å². The van der Waals surface area contributed by atoms with Gasteiger partial charge in [-0.2, -0.15) is 0 Å². The van der Waals surface area contributed by atoms with Crippen LogP contribution in [0.15, 0.2) is 54.6 Å². The van der Waals surface area contributed by atoms with Gasteiger partial charge in [-0.25, -0.2) is 4.98 Å². The quantitative estimate of drug-likeness (QED) is 0.600. The lowest BCUT2D eigenvalue weighted by molar-refractivity contribution is 1.34. The van der Waals surface area contributed by atoms with Crippen LogP contribution in [0.1, 0.15) is 11.1 Å². The number of para-hydroxylation sites is 1. The minimum Gasteiger partial charge on any atom is -0.248 e. The highest BCUT2D eigenvalue weighted by atomic mass is 79.9. The Balaban J connectivity index is 2.22. The Hall–Kier alpha value is -1.67. The van der Waals surface area contributed by atoms with Crippen LogP contribution < -0.4 is 0 Å². The predicted molar refractivity (Wildman–Crippen MR) is 84.5 cm³/mol. The van der Waals surface area contributed by atoms with Crippen molar-refractivity contribution < 1.29 is 0 Å². The third kappa shape index (κ3) is 2.41. The number of rotatable bonds is 2. The molecular weight excluding hydrogens is 298 g/mol. The van der Waals surface area contributed by atoms with Crippen molar-refractivity contribution in [3.8, 4) is 11.3 Å². The van der Waals surface area contributed by atoms with Gasteiger partial charge in [-0.15, -0.1) is 0 Å². The average molecular weight is 312 g/mol. The summed E-state index contributed by atoms with van der Waals surface area (Å²) in [6.07, 6.45) is 0. The molecule has 94 valence electrons. The van der Waals surface area contributed by atoms with Crippen molar-refractivity contribution in [1.29, 1.82) is 0 Å². The van der Waals surface area contributed by atoms with Crippen molar-refractivity contribution in [2.45, 2.75) is 12.3 Å². The molecule has 2 aromatic carbocycles. The first-order valence-corrected chi connectivity index (χ1v) is 7.42. The fraction of sp³-hybridized carbons (Fsp3) is 0.118. The van der Waals surface area contributed by atoms with Crippen LogP contribution in [0.25, 0.3) is 22.2 Å². The Morgan fingerprint density at radius 3 is 2.47 bits per heavy atom. The van der Waals surface area contributed by atoms with Crippen LogP contribution in [0.5, 0.6) is 0 Å². The summed E-state index contributed by atoms with van der Waals surface area (Å²) in [7, 11) is 0. The van der Waals surface area contributed by atoms with E-state index in [9.17, 15) is 0 Å². The van der Waals surface area contributed by atoms with E-state index in [-0.39, 0.29) is 0 Å². The van der Waals surface area contributed by atoms with Crippen LogP contribution in [0.2, 0.25) is 0 Å². The Kier molecular flexibility index (Phi) is 3.34. The highest BCUT2D eigenvalue weighted by Gasteiger charge is 2.06. The molecule has 0 fully saturated rings. The zero-order valence-electron chi connectivity index (χ0n) is 10.7. The van der Waals surface area contributed by atoms with E-state index < -0.39 is 0 Å². The summed E-state index contributed by atoms with van der Waals surface area (Å²) in [5.41, 5.74) is 5.80. The number of pyridine rings is 1. The fourth-order valence-electron chi connectivity index (χ4n) is 2.23. The van der Waals surface area contributed by atoms with Crippen molar-refractivity contribution in [2.24, 2.45) is 0 Å². The van der Waals surface area contributed by atoms with Gasteiger partial charge in [-0.3, -0.25) is 0 Å². The van der Waals surface area contributed by atoms with Crippen LogP contribution in [0, 0.1) is 6.92 Å². The van der Waals surface area contributed by atoms with Crippen molar-refractivity contribution in [1.82, 2.24) is 4.98 Å². The molecule has 0 saturated heterocycles. The summed E-state index contributed by atoms with van der Waals surface area (Å²) >= 11 is 3.57. The standard InChI is InChI=1S/C17H14BrN/c1-12-6-8-13(9-7-12)17-10-14(11-18)15-4-2-3-5-16(15)19-17/h2-10H,11H2,1H3. The number of benzene rings is 2. The zero-order chi connectivity index (χ0) is 13.2. The smallest absolute Gasteiger partial charge is 0.0712 e. The third-order valence-electron chi connectivity index (χ3n) is 3.29. The fourth-order valence-corrected chi connectivity index (χ4v) is 2.69. The molecule has 1 nitrogen and oxygen atoms in total. The Labute approximate surface area is 121 Å². The molecule has 0 atom stereocenters. The van der Waals surface area contributed by atoms with E-state index in [0.29, 0.717) is 0 Å². The molecule has 0 aliphatic carbocycles. The number of fused-ring (bicyclic) bond motifs is 1. The Morgan fingerprint density at radius 2 is 1.74 bits per heavy atom. The van der Waals surface area contributed by atoms with E-state index >= 15 is 0 Å². The molecule has 19 heavy (non-hydrogen) atoms. The molecule has 0 saturated carbocycles. The van der Waals surface area contributed by atoms with Crippen LogP contribution in [0.3, 0.4) is 0 Å². The van der Waals surface area contributed by atoms with Gasteiger partial charge in [0.05, 0.1) is 11.2 Å². The normalized spacial score (nSPS) is 10.8. The van der Waals surface area contributed by atoms with Gasteiger partial charge in [-0.1, -0.05) is 64.0 Å². The van der Waals surface area contributed by atoms with Crippen LogP contribution in [-0.2, 0) is 5.33 Å². The number of nitrogens with zero attached hydrogens (tertiary/aromatic N) is 1. The van der Waals surface area contributed by atoms with Gasteiger partial charge in [0.15, 0.2) is 0 Å². The molecule has 0 aliphatic rings. The average Bonchev–Trinajstić information content (AvgIpc) is 2.47. The van der Waals surface area contributed by atoms with Crippen molar-refractivity contribution in [3.05, 3.63) is 65.7 Å². The van der Waals surface area contributed by atoms with E-state index in [1.165, 1.54) is 22.1 Å². The summed E-state index contributed by atoms with van der Waals surface area (Å²) in [5, 5.41) is 2.06. The van der Waals surface area contributed by atoms with E-state index in [4.69, 9.17) is 4.98 Å². The summed E-state index contributed by atoms with van der Waals surface area (Å²) < 4.78 is 0. The number of aryl methyl sites for hydroxylation is 1. The SMILES string of the molecule is Cc1ccc(-c2cc(CBr)c3ccccc3n2)cc1. The number of hydrogen-bond donors (Lipinski definition) is 0. The molecular formula is C17H14BrN. The Morgan fingerprint density at radius 1 is 1.00 bits per heavy atom. The highest BCUT2D eigenvalue weighted by molar-refractivity contribution is 9.08. The van der Waals surface area contributed by atoms with E-state index in [1.807, 2.05) is 6.07 Å². The molecule has 0 bridgehead atoms. The maximum Gasteiger partial charge on any atom is 0.0712 e. The van der Waals surface area contributed by atoms with Crippen molar-refractivity contribution in [2.75, 3.05) is 0 Å². The summed E-state index contributed by atoms with van der Waals surface area (Å²) in [6.45, 7) is 2.10. The number of halogens is 1. The number of hydrogen-bond acceptors (Lipinski definition) is 1. The van der Waals surface area contributed by atoms with E-state index in [2.05, 4.69) is 71.4 Å². The predicted octanol–water partition coefficient (Wildman–Crippen LogP) is 5.11. The topological polar surface area (TPSA) is 12.9 Å². The maximum atomic E-state index is 4.76. The van der Waals surface area contributed by atoms with Gasteiger partial charge in [0.2, 0.25) is 0 Å². The molecule has 1 aromatic heterocycles. The van der Waals surface area contributed by atoms with E-state index in [1.54, 1.807) is 0 Å². The minimum atomic E-state index is 0.842. The largest absolute Gasteiger partial charge is 0.248 e. The first kappa shape index (κ1) is 12.4. The van der Waals surface area contributed by atoms with Crippen molar-refractivity contribution in [3.63, 3.8) is 0 Å². The second-order valence-electron chi connectivity index (χ2n) is 4.68. The van der Waals surface area contributed by atoms with Crippen LogP contribution >= 0.6 is 15.9 Å². The molecule has 0 N–H and O–H groups in total. The molecule has 0 spiro atoms. The lowest BCUT2D eigenvalue weighted by Gasteiger charge is -2.08. The summed E-state index contributed by atoms with van der Waals surface area (Å²) in [5.74, 6) is 0. The molecule has 3 rings (SSSR count). The highest BCUT2D eigenvalue weighted by Crippen LogP contribution is 2.26.